The first-order valence-corrected chi connectivity index (χ1v) is 6.75. The first kappa shape index (κ1) is 13.8. The largest absolute Gasteiger partial charge is 0.437 e. The van der Waals surface area contributed by atoms with Crippen molar-refractivity contribution in [3.8, 4) is 11.6 Å². The van der Waals surface area contributed by atoms with Crippen molar-refractivity contribution in [3.05, 3.63) is 53.2 Å². The monoisotopic (exact) mass is 276 g/mol. The van der Waals surface area contributed by atoms with Gasteiger partial charge in [-0.2, -0.15) is 0 Å². The van der Waals surface area contributed by atoms with E-state index in [4.69, 9.17) is 16.3 Å². The number of hydrogen-bond acceptors (Lipinski definition) is 3. The van der Waals surface area contributed by atoms with E-state index < -0.39 is 0 Å². The topological polar surface area (TPSA) is 34.2 Å². The molecule has 0 atom stereocenters. The fourth-order valence-corrected chi connectivity index (χ4v) is 1.84. The van der Waals surface area contributed by atoms with Gasteiger partial charge in [0.1, 0.15) is 5.75 Å². The zero-order valence-electron chi connectivity index (χ0n) is 10.9. The molecule has 1 N–H and O–H groups in total. The van der Waals surface area contributed by atoms with Gasteiger partial charge in [0.2, 0.25) is 5.88 Å². The van der Waals surface area contributed by atoms with Crippen LogP contribution in [-0.4, -0.2) is 11.5 Å². The summed E-state index contributed by atoms with van der Waals surface area (Å²) in [6.45, 7) is 3.96. The fourth-order valence-electron chi connectivity index (χ4n) is 1.67. The van der Waals surface area contributed by atoms with Crippen molar-refractivity contribution in [2.75, 3.05) is 6.54 Å². The number of pyridine rings is 1. The van der Waals surface area contributed by atoms with Gasteiger partial charge >= 0.3 is 0 Å². The van der Waals surface area contributed by atoms with E-state index in [1.807, 2.05) is 30.3 Å². The Hall–Kier alpha value is -1.58. The van der Waals surface area contributed by atoms with Crippen molar-refractivity contribution < 1.29 is 4.74 Å². The van der Waals surface area contributed by atoms with Crippen LogP contribution in [0, 0.1) is 0 Å². The first-order valence-electron chi connectivity index (χ1n) is 6.37. The van der Waals surface area contributed by atoms with Crippen LogP contribution in [0.4, 0.5) is 0 Å². The van der Waals surface area contributed by atoms with Crippen LogP contribution in [0.5, 0.6) is 11.6 Å². The molecule has 0 aliphatic carbocycles. The molecule has 3 nitrogen and oxygen atoms in total. The van der Waals surface area contributed by atoms with E-state index in [1.165, 1.54) is 0 Å². The predicted molar refractivity (Wildman–Crippen MR) is 77.8 cm³/mol. The van der Waals surface area contributed by atoms with E-state index in [-0.39, 0.29) is 0 Å². The summed E-state index contributed by atoms with van der Waals surface area (Å²) < 4.78 is 5.69. The molecule has 0 unspecified atom stereocenters. The molecule has 0 saturated carbocycles. The molecule has 0 spiro atoms. The van der Waals surface area contributed by atoms with E-state index in [2.05, 4.69) is 17.2 Å². The number of aromatic nitrogens is 1. The number of nitrogens with zero attached hydrogens (tertiary/aromatic N) is 1. The lowest BCUT2D eigenvalue weighted by Gasteiger charge is -2.08. The number of ether oxygens (including phenoxy) is 1. The SMILES string of the molecule is CCCNCc1ccnc(Oc2ccccc2Cl)c1. The third-order valence-corrected chi connectivity index (χ3v) is 2.92. The molecule has 0 fully saturated rings. The summed E-state index contributed by atoms with van der Waals surface area (Å²) >= 11 is 6.05. The van der Waals surface area contributed by atoms with E-state index in [0.29, 0.717) is 16.7 Å². The molecule has 2 rings (SSSR count). The third-order valence-electron chi connectivity index (χ3n) is 2.61. The van der Waals surface area contributed by atoms with Crippen LogP contribution >= 0.6 is 11.6 Å². The van der Waals surface area contributed by atoms with E-state index >= 15 is 0 Å². The van der Waals surface area contributed by atoms with Gasteiger partial charge in [-0.15, -0.1) is 0 Å². The number of halogens is 1. The molecule has 1 heterocycles. The Kier molecular flexibility index (Phi) is 5.19. The highest BCUT2D eigenvalue weighted by molar-refractivity contribution is 6.32. The van der Waals surface area contributed by atoms with Crippen LogP contribution in [0.2, 0.25) is 5.02 Å². The highest BCUT2D eigenvalue weighted by Gasteiger charge is 2.03. The summed E-state index contributed by atoms with van der Waals surface area (Å²) in [4.78, 5) is 4.20. The van der Waals surface area contributed by atoms with Gasteiger partial charge in [-0.3, -0.25) is 0 Å². The second-order valence-corrected chi connectivity index (χ2v) is 4.62. The molecule has 0 saturated heterocycles. The van der Waals surface area contributed by atoms with Crippen LogP contribution in [0.15, 0.2) is 42.6 Å². The lowest BCUT2D eigenvalue weighted by molar-refractivity contribution is 0.462. The second kappa shape index (κ2) is 7.12. The van der Waals surface area contributed by atoms with Gasteiger partial charge in [0.05, 0.1) is 5.02 Å². The van der Waals surface area contributed by atoms with E-state index in [0.717, 1.165) is 25.1 Å². The Morgan fingerprint density at radius 2 is 2.11 bits per heavy atom. The lowest BCUT2D eigenvalue weighted by Crippen LogP contribution is -2.13. The summed E-state index contributed by atoms with van der Waals surface area (Å²) in [5.74, 6) is 1.18. The number of para-hydroxylation sites is 1. The summed E-state index contributed by atoms with van der Waals surface area (Å²) in [6.07, 6.45) is 2.86. The van der Waals surface area contributed by atoms with Crippen molar-refractivity contribution in [1.29, 1.82) is 0 Å². The number of rotatable bonds is 6. The number of benzene rings is 1. The number of nitrogens with one attached hydrogen (secondary N) is 1. The predicted octanol–water partition coefficient (Wildman–Crippen LogP) is 4.03. The van der Waals surface area contributed by atoms with Crippen molar-refractivity contribution in [2.24, 2.45) is 0 Å². The molecule has 0 amide bonds. The van der Waals surface area contributed by atoms with Crippen LogP contribution < -0.4 is 10.1 Å². The average molecular weight is 277 g/mol. The molecule has 4 heteroatoms. The van der Waals surface area contributed by atoms with Gasteiger partial charge in [-0.25, -0.2) is 4.98 Å². The minimum atomic E-state index is 0.559. The summed E-state index contributed by atoms with van der Waals surface area (Å²) in [7, 11) is 0. The quantitative estimate of drug-likeness (QED) is 0.809. The molecule has 0 bridgehead atoms. The maximum absolute atomic E-state index is 6.05. The molecular formula is C15H17ClN2O. The van der Waals surface area contributed by atoms with E-state index in [1.54, 1.807) is 12.3 Å². The molecule has 19 heavy (non-hydrogen) atoms. The maximum Gasteiger partial charge on any atom is 0.219 e. The fraction of sp³-hybridized carbons (Fsp3) is 0.267. The van der Waals surface area contributed by atoms with Gasteiger partial charge < -0.3 is 10.1 Å². The van der Waals surface area contributed by atoms with Crippen molar-refractivity contribution in [3.63, 3.8) is 0 Å². The highest BCUT2D eigenvalue weighted by Crippen LogP contribution is 2.27. The zero-order chi connectivity index (χ0) is 13.5. The second-order valence-electron chi connectivity index (χ2n) is 4.21. The first-order chi connectivity index (χ1) is 9.29. The summed E-state index contributed by atoms with van der Waals surface area (Å²) in [6, 6.07) is 11.3. The van der Waals surface area contributed by atoms with Gasteiger partial charge in [-0.05, 0) is 36.7 Å². The molecule has 2 aromatic rings. The van der Waals surface area contributed by atoms with Gasteiger partial charge in [-0.1, -0.05) is 30.7 Å². The Balaban J connectivity index is 2.05. The molecule has 0 aliphatic heterocycles. The average Bonchev–Trinajstić information content (AvgIpc) is 2.42. The Bertz CT molecular complexity index is 531. The van der Waals surface area contributed by atoms with Crippen molar-refractivity contribution in [2.45, 2.75) is 19.9 Å². The Labute approximate surface area is 118 Å². The molecule has 1 aromatic heterocycles. The summed E-state index contributed by atoms with van der Waals surface area (Å²) in [5, 5.41) is 3.93. The van der Waals surface area contributed by atoms with E-state index in [9.17, 15) is 0 Å². The lowest BCUT2D eigenvalue weighted by atomic mass is 10.2. The standard InChI is InChI=1S/C15H17ClN2O/c1-2-8-17-11-12-7-9-18-15(10-12)19-14-6-4-3-5-13(14)16/h3-7,9-10,17H,2,8,11H2,1H3. The minimum Gasteiger partial charge on any atom is -0.437 e. The smallest absolute Gasteiger partial charge is 0.219 e. The van der Waals surface area contributed by atoms with Crippen LogP contribution in [0.25, 0.3) is 0 Å². The van der Waals surface area contributed by atoms with Crippen molar-refractivity contribution >= 4 is 11.6 Å². The Morgan fingerprint density at radius 1 is 1.26 bits per heavy atom. The van der Waals surface area contributed by atoms with Crippen LogP contribution in [0.3, 0.4) is 0 Å². The highest BCUT2D eigenvalue weighted by atomic mass is 35.5. The minimum absolute atomic E-state index is 0.559. The molecule has 1 aromatic carbocycles. The zero-order valence-corrected chi connectivity index (χ0v) is 11.7. The molecule has 0 radical (unpaired) electrons. The number of hydrogen-bond donors (Lipinski definition) is 1. The van der Waals surface area contributed by atoms with Crippen LogP contribution in [0.1, 0.15) is 18.9 Å². The maximum atomic E-state index is 6.05. The molecular weight excluding hydrogens is 260 g/mol. The molecule has 0 aliphatic rings. The van der Waals surface area contributed by atoms with Crippen molar-refractivity contribution in [1.82, 2.24) is 10.3 Å². The van der Waals surface area contributed by atoms with Crippen LogP contribution in [-0.2, 0) is 6.54 Å². The van der Waals surface area contributed by atoms with Gasteiger partial charge in [0, 0.05) is 18.8 Å². The van der Waals surface area contributed by atoms with Gasteiger partial charge in [0.15, 0.2) is 0 Å². The van der Waals surface area contributed by atoms with Gasteiger partial charge in [0.25, 0.3) is 0 Å². The Morgan fingerprint density at radius 3 is 2.89 bits per heavy atom. The normalized spacial score (nSPS) is 10.4. The molecule has 100 valence electrons. The summed E-state index contributed by atoms with van der Waals surface area (Å²) in [5.41, 5.74) is 1.14. The third kappa shape index (κ3) is 4.23.